The summed E-state index contributed by atoms with van der Waals surface area (Å²) in [5, 5.41) is 7.01. The lowest BCUT2D eigenvalue weighted by atomic mass is 9.85. The van der Waals surface area contributed by atoms with Crippen molar-refractivity contribution in [2.24, 2.45) is 11.7 Å². The summed E-state index contributed by atoms with van der Waals surface area (Å²) in [7, 11) is 0. The number of nitrogens with zero attached hydrogens (tertiary/aromatic N) is 1. The quantitative estimate of drug-likeness (QED) is 0.619. The van der Waals surface area contributed by atoms with Gasteiger partial charge >= 0.3 is 0 Å². The zero-order valence-corrected chi connectivity index (χ0v) is 16.9. The van der Waals surface area contributed by atoms with E-state index in [1.807, 2.05) is 19.9 Å². The molecular weight excluding hydrogens is 360 g/mol. The van der Waals surface area contributed by atoms with Gasteiger partial charge in [0.05, 0.1) is 16.3 Å². The number of hydrogen-bond donors (Lipinski definition) is 3. The molecule has 1 aliphatic carbocycles. The van der Waals surface area contributed by atoms with E-state index in [0.29, 0.717) is 22.2 Å². The number of allylic oxidation sites excluding steroid dienone is 3. The van der Waals surface area contributed by atoms with Crippen molar-refractivity contribution in [2.45, 2.75) is 45.6 Å². The summed E-state index contributed by atoms with van der Waals surface area (Å²) in [6.45, 7) is 8.79. The Labute approximate surface area is 166 Å². The van der Waals surface area contributed by atoms with Crippen molar-refractivity contribution in [2.75, 3.05) is 6.54 Å². The lowest BCUT2D eigenvalue weighted by molar-refractivity contribution is 0.0921. The van der Waals surface area contributed by atoms with E-state index in [4.69, 9.17) is 17.3 Å². The lowest BCUT2D eigenvalue weighted by Crippen LogP contribution is -2.39. The maximum Gasteiger partial charge on any atom is 0.253 e. The summed E-state index contributed by atoms with van der Waals surface area (Å²) < 4.78 is 0. The molecule has 0 saturated heterocycles. The fourth-order valence-electron chi connectivity index (χ4n) is 3.22. The van der Waals surface area contributed by atoms with Crippen LogP contribution in [0.5, 0.6) is 0 Å². The number of nitrogens with one attached hydrogen (secondary N) is 2. The number of hydrogen-bond acceptors (Lipinski definition) is 4. The molecule has 146 valence electrons. The van der Waals surface area contributed by atoms with Crippen molar-refractivity contribution in [3.63, 3.8) is 0 Å². The molecule has 6 heteroatoms. The Morgan fingerprint density at radius 2 is 2.11 bits per heavy atom. The average Bonchev–Trinajstić information content (AvgIpc) is 2.67. The molecule has 0 aliphatic heterocycles. The van der Waals surface area contributed by atoms with E-state index in [2.05, 4.69) is 22.2 Å². The molecule has 1 saturated carbocycles. The first-order valence-corrected chi connectivity index (χ1v) is 9.69. The van der Waals surface area contributed by atoms with Gasteiger partial charge in [-0.05, 0) is 69.4 Å². The summed E-state index contributed by atoms with van der Waals surface area (Å²) in [6.07, 6.45) is 10.9. The Bertz CT molecular complexity index is 734. The molecule has 1 aromatic rings. The highest BCUT2D eigenvalue weighted by atomic mass is 35.5. The van der Waals surface area contributed by atoms with Crippen molar-refractivity contribution >= 4 is 17.5 Å². The van der Waals surface area contributed by atoms with Crippen LogP contribution < -0.4 is 16.4 Å². The van der Waals surface area contributed by atoms with Crippen LogP contribution in [0.1, 0.15) is 48.7 Å². The van der Waals surface area contributed by atoms with Gasteiger partial charge in [-0.15, -0.1) is 0 Å². The minimum atomic E-state index is -0.0915. The average molecular weight is 389 g/mol. The minimum Gasteiger partial charge on any atom is -0.405 e. The first kappa shape index (κ1) is 21.0. The van der Waals surface area contributed by atoms with Gasteiger partial charge in [-0.3, -0.25) is 9.78 Å². The number of rotatable bonds is 7. The van der Waals surface area contributed by atoms with Gasteiger partial charge in [0.1, 0.15) is 0 Å². The van der Waals surface area contributed by atoms with Crippen LogP contribution >= 0.6 is 11.6 Å². The Morgan fingerprint density at radius 1 is 1.41 bits per heavy atom. The third-order valence-corrected chi connectivity index (χ3v) is 5.22. The summed E-state index contributed by atoms with van der Waals surface area (Å²) >= 11 is 5.96. The van der Waals surface area contributed by atoms with E-state index in [1.165, 1.54) is 6.20 Å². The fourth-order valence-corrected chi connectivity index (χ4v) is 3.38. The molecule has 0 radical (unpaired) electrons. The Hall–Kier alpha value is -2.27. The number of pyridine rings is 1. The first-order chi connectivity index (χ1) is 12.9. The van der Waals surface area contributed by atoms with Crippen molar-refractivity contribution in [1.82, 2.24) is 15.6 Å². The van der Waals surface area contributed by atoms with Gasteiger partial charge < -0.3 is 16.4 Å². The zero-order chi connectivity index (χ0) is 19.8. The maximum absolute atomic E-state index is 12.5. The molecule has 1 amide bonds. The molecule has 0 spiro atoms. The minimum absolute atomic E-state index is 0.0915. The molecule has 1 aliphatic rings. The van der Waals surface area contributed by atoms with E-state index in [9.17, 15) is 4.79 Å². The zero-order valence-electron chi connectivity index (χ0n) is 16.1. The molecule has 0 bridgehead atoms. The molecule has 5 nitrogen and oxygen atoms in total. The van der Waals surface area contributed by atoms with Gasteiger partial charge in [-0.1, -0.05) is 24.3 Å². The van der Waals surface area contributed by atoms with Crippen LogP contribution in [0.2, 0.25) is 5.02 Å². The van der Waals surface area contributed by atoms with Gasteiger partial charge in [0.25, 0.3) is 5.91 Å². The van der Waals surface area contributed by atoms with Gasteiger partial charge in [-0.25, -0.2) is 0 Å². The molecule has 1 heterocycles. The summed E-state index contributed by atoms with van der Waals surface area (Å²) in [6, 6.07) is 1.88. The van der Waals surface area contributed by atoms with Crippen LogP contribution in [0, 0.1) is 12.8 Å². The second-order valence-corrected chi connectivity index (χ2v) is 7.51. The molecule has 4 N–H and O–H groups in total. The number of amides is 1. The van der Waals surface area contributed by atoms with Gasteiger partial charge in [0.15, 0.2) is 0 Å². The number of aromatic nitrogens is 1. The van der Waals surface area contributed by atoms with Crippen molar-refractivity contribution in [3.05, 3.63) is 64.7 Å². The van der Waals surface area contributed by atoms with Crippen LogP contribution in [0.25, 0.3) is 0 Å². The standard InChI is InChI=1S/C21H29ClN4O/c1-14(5-4-10-23)15(2)24-12-17-6-8-19(9-7-17)26-21(27)20-11-18(22)13-25-16(20)3/h4-5,10-11,13,17,19,24H,2,6-9,12,23H2,1,3H3,(H,26,27)/b10-4-,14-5-. The predicted molar refractivity (Wildman–Crippen MR) is 111 cm³/mol. The second-order valence-electron chi connectivity index (χ2n) is 7.07. The molecule has 1 aromatic heterocycles. The monoisotopic (exact) mass is 388 g/mol. The van der Waals surface area contributed by atoms with Crippen LogP contribution in [0.15, 0.2) is 48.5 Å². The van der Waals surface area contributed by atoms with E-state index >= 15 is 0 Å². The topological polar surface area (TPSA) is 80.0 Å². The predicted octanol–water partition coefficient (Wildman–Crippen LogP) is 3.85. The first-order valence-electron chi connectivity index (χ1n) is 9.32. The fraction of sp³-hybridized carbons (Fsp3) is 0.429. The Kier molecular flexibility index (Phi) is 7.92. The number of halogens is 1. The molecule has 0 unspecified atom stereocenters. The van der Waals surface area contributed by atoms with Gasteiger partial charge in [0, 0.05) is 24.5 Å². The highest BCUT2D eigenvalue weighted by molar-refractivity contribution is 6.30. The molecule has 2 rings (SSSR count). The summed E-state index contributed by atoms with van der Waals surface area (Å²) in [4.78, 5) is 16.6. The third kappa shape index (κ3) is 6.43. The van der Waals surface area contributed by atoms with Gasteiger partial charge in [-0.2, -0.15) is 0 Å². The number of carbonyl (C=O) groups is 1. The smallest absolute Gasteiger partial charge is 0.253 e. The molecule has 1 fully saturated rings. The van der Waals surface area contributed by atoms with E-state index in [0.717, 1.165) is 43.5 Å². The van der Waals surface area contributed by atoms with E-state index in [1.54, 1.807) is 18.3 Å². The normalized spacial score (nSPS) is 20.5. The van der Waals surface area contributed by atoms with Gasteiger partial charge in [0.2, 0.25) is 0 Å². The SMILES string of the molecule is C=C(NCC1CCC(NC(=O)c2cc(Cl)cnc2C)CC1)/C(C)=C\C=C/N. The third-order valence-electron chi connectivity index (χ3n) is 5.02. The van der Waals surface area contributed by atoms with Crippen LogP contribution in [0.3, 0.4) is 0 Å². The Balaban J connectivity index is 1.77. The highest BCUT2D eigenvalue weighted by Gasteiger charge is 2.23. The van der Waals surface area contributed by atoms with Crippen LogP contribution in [0.4, 0.5) is 0 Å². The van der Waals surface area contributed by atoms with Crippen molar-refractivity contribution in [3.8, 4) is 0 Å². The van der Waals surface area contributed by atoms with Crippen LogP contribution in [-0.4, -0.2) is 23.5 Å². The van der Waals surface area contributed by atoms with E-state index in [-0.39, 0.29) is 11.9 Å². The number of carbonyl (C=O) groups excluding carboxylic acids is 1. The second kappa shape index (κ2) is 10.2. The molecule has 27 heavy (non-hydrogen) atoms. The number of nitrogens with two attached hydrogens (primary N) is 1. The van der Waals surface area contributed by atoms with E-state index < -0.39 is 0 Å². The lowest BCUT2D eigenvalue weighted by Gasteiger charge is -2.30. The molecule has 0 aromatic carbocycles. The Morgan fingerprint density at radius 3 is 2.78 bits per heavy atom. The summed E-state index contributed by atoms with van der Waals surface area (Å²) in [5.74, 6) is 0.494. The highest BCUT2D eigenvalue weighted by Crippen LogP contribution is 2.25. The molecule has 0 atom stereocenters. The summed E-state index contributed by atoms with van der Waals surface area (Å²) in [5.41, 5.74) is 8.60. The van der Waals surface area contributed by atoms with Crippen molar-refractivity contribution in [1.29, 1.82) is 0 Å². The number of aryl methyl sites for hydroxylation is 1. The largest absolute Gasteiger partial charge is 0.405 e. The van der Waals surface area contributed by atoms with Crippen LogP contribution in [-0.2, 0) is 0 Å². The maximum atomic E-state index is 12.5. The molecular formula is C21H29ClN4O. The van der Waals surface area contributed by atoms with Crippen molar-refractivity contribution < 1.29 is 4.79 Å².